The monoisotopic (exact) mass is 486 g/mol. The van der Waals surface area contributed by atoms with E-state index < -0.39 is 16.0 Å². The lowest BCUT2D eigenvalue weighted by atomic mass is 9.96. The van der Waals surface area contributed by atoms with Crippen LogP contribution in [0.15, 0.2) is 77.7 Å². The Morgan fingerprint density at radius 3 is 1.88 bits per heavy atom. The van der Waals surface area contributed by atoms with E-state index in [1.165, 1.54) is 40.7 Å². The molecule has 1 heterocycles. The van der Waals surface area contributed by atoms with Crippen molar-refractivity contribution >= 4 is 16.0 Å². The molecular weight excluding hydrogens is 462 g/mol. The van der Waals surface area contributed by atoms with Crippen LogP contribution in [0, 0.1) is 11.6 Å². The first-order valence-corrected chi connectivity index (χ1v) is 12.2. The molecule has 0 saturated carbocycles. The van der Waals surface area contributed by atoms with Crippen molar-refractivity contribution in [3.05, 3.63) is 101 Å². The van der Waals surface area contributed by atoms with Crippen LogP contribution >= 0.6 is 0 Å². The fourth-order valence-corrected chi connectivity index (χ4v) is 5.74. The molecule has 0 aromatic heterocycles. The number of piperazine rings is 1. The number of nitrogens with zero attached hydrogens (tertiary/aromatic N) is 2. The summed E-state index contributed by atoms with van der Waals surface area (Å²) in [7, 11) is -3.80. The largest absolute Gasteiger partial charge is 0.481 e. The van der Waals surface area contributed by atoms with Gasteiger partial charge in [-0.15, -0.1) is 0 Å². The van der Waals surface area contributed by atoms with Gasteiger partial charge in [-0.25, -0.2) is 17.2 Å². The minimum Gasteiger partial charge on any atom is -0.481 e. The summed E-state index contributed by atoms with van der Waals surface area (Å²) < 4.78 is 54.8. The summed E-state index contributed by atoms with van der Waals surface area (Å²) >= 11 is 0. The second-order valence-corrected chi connectivity index (χ2v) is 10.1. The Balaban J connectivity index is 1.55. The predicted octanol–water partition coefficient (Wildman–Crippen LogP) is 3.69. The fraction of sp³-hybridized carbons (Fsp3) is 0.240. The number of halogens is 2. The molecular formula is C25H24F2N2O4S. The first kappa shape index (κ1) is 24.0. The summed E-state index contributed by atoms with van der Waals surface area (Å²) in [4.78, 5) is 13.1. The van der Waals surface area contributed by atoms with Crippen LogP contribution in [0.2, 0.25) is 0 Å². The molecule has 0 radical (unpaired) electrons. The maximum atomic E-state index is 13.5. The molecule has 9 heteroatoms. The number of rotatable bonds is 7. The Morgan fingerprint density at radius 1 is 0.853 bits per heavy atom. The standard InChI is InChI=1S/C25H24F2N2O4S/c26-21-8-4-19(5-9-21)25(20-6-10-22(27)11-7-20)28-12-14-29(15-13-28)34(32,33)23-3-1-2-18(16-23)17-24(30)31/h1-11,16,25H,12-15,17H2,(H,30,31). The fourth-order valence-electron chi connectivity index (χ4n) is 4.25. The van der Waals surface area contributed by atoms with E-state index in [4.69, 9.17) is 5.11 Å². The summed E-state index contributed by atoms with van der Waals surface area (Å²) in [6.07, 6.45) is -0.256. The van der Waals surface area contributed by atoms with Gasteiger partial charge < -0.3 is 5.11 Å². The molecule has 1 N–H and O–H groups in total. The van der Waals surface area contributed by atoms with Gasteiger partial charge >= 0.3 is 5.97 Å². The van der Waals surface area contributed by atoms with Crippen molar-refractivity contribution in [3.8, 4) is 0 Å². The summed E-state index contributed by atoms with van der Waals surface area (Å²) in [5.41, 5.74) is 2.07. The zero-order valence-corrected chi connectivity index (χ0v) is 19.1. The minimum atomic E-state index is -3.80. The average Bonchev–Trinajstić information content (AvgIpc) is 2.82. The van der Waals surface area contributed by atoms with E-state index in [0.717, 1.165) is 11.1 Å². The topological polar surface area (TPSA) is 77.9 Å². The van der Waals surface area contributed by atoms with Crippen LogP contribution in [0.4, 0.5) is 8.78 Å². The molecule has 1 aliphatic rings. The van der Waals surface area contributed by atoms with Gasteiger partial charge in [0.1, 0.15) is 11.6 Å². The molecule has 3 aromatic rings. The zero-order valence-electron chi connectivity index (χ0n) is 18.3. The van der Waals surface area contributed by atoms with Crippen molar-refractivity contribution in [2.24, 2.45) is 0 Å². The lowest BCUT2D eigenvalue weighted by Gasteiger charge is -2.39. The number of carboxylic acids is 1. The molecule has 1 fully saturated rings. The highest BCUT2D eigenvalue weighted by Crippen LogP contribution is 2.31. The second-order valence-electron chi connectivity index (χ2n) is 8.16. The van der Waals surface area contributed by atoms with Crippen molar-refractivity contribution in [3.63, 3.8) is 0 Å². The predicted molar refractivity (Wildman–Crippen MR) is 123 cm³/mol. The van der Waals surface area contributed by atoms with Crippen LogP contribution in [0.5, 0.6) is 0 Å². The third kappa shape index (κ3) is 5.32. The van der Waals surface area contributed by atoms with Crippen molar-refractivity contribution in [1.29, 1.82) is 0 Å². The Hall–Kier alpha value is -3.14. The molecule has 0 bridgehead atoms. The smallest absolute Gasteiger partial charge is 0.307 e. The van der Waals surface area contributed by atoms with Crippen LogP contribution < -0.4 is 0 Å². The van der Waals surface area contributed by atoms with E-state index in [1.807, 2.05) is 0 Å². The van der Waals surface area contributed by atoms with Crippen molar-refractivity contribution in [2.45, 2.75) is 17.4 Å². The number of benzene rings is 3. The highest BCUT2D eigenvalue weighted by molar-refractivity contribution is 7.89. The Bertz CT molecular complexity index is 1210. The number of carboxylic acid groups (broad SMARTS) is 1. The highest BCUT2D eigenvalue weighted by atomic mass is 32.2. The molecule has 6 nitrogen and oxygen atoms in total. The first-order chi connectivity index (χ1) is 16.2. The van der Waals surface area contributed by atoms with Crippen LogP contribution in [-0.4, -0.2) is 54.9 Å². The molecule has 178 valence electrons. The number of aliphatic carboxylic acids is 1. The molecule has 0 atom stereocenters. The maximum absolute atomic E-state index is 13.5. The van der Waals surface area contributed by atoms with E-state index in [9.17, 15) is 22.0 Å². The normalized spacial score (nSPS) is 15.5. The summed E-state index contributed by atoms with van der Waals surface area (Å²) in [5, 5.41) is 9.00. The first-order valence-electron chi connectivity index (χ1n) is 10.8. The quantitative estimate of drug-likeness (QED) is 0.551. The van der Waals surface area contributed by atoms with Crippen LogP contribution in [0.3, 0.4) is 0 Å². The molecule has 34 heavy (non-hydrogen) atoms. The third-order valence-corrected chi connectivity index (χ3v) is 7.80. The number of carbonyl (C=O) groups is 1. The lowest BCUT2D eigenvalue weighted by molar-refractivity contribution is -0.136. The molecule has 4 rings (SSSR count). The SMILES string of the molecule is O=C(O)Cc1cccc(S(=O)(=O)N2CCN(C(c3ccc(F)cc3)c3ccc(F)cc3)CC2)c1. The number of hydrogen-bond donors (Lipinski definition) is 1. The van der Waals surface area contributed by atoms with E-state index in [2.05, 4.69) is 4.90 Å². The van der Waals surface area contributed by atoms with Gasteiger partial charge in [-0.05, 0) is 53.1 Å². The third-order valence-electron chi connectivity index (χ3n) is 5.90. The van der Waals surface area contributed by atoms with Gasteiger partial charge in [-0.3, -0.25) is 9.69 Å². The Labute approximate surface area is 197 Å². The summed E-state index contributed by atoms with van der Waals surface area (Å²) in [6.45, 7) is 1.27. The van der Waals surface area contributed by atoms with Crippen LogP contribution in [0.25, 0.3) is 0 Å². The van der Waals surface area contributed by atoms with E-state index in [1.54, 1.807) is 36.4 Å². The van der Waals surface area contributed by atoms with Crippen molar-refractivity contribution in [1.82, 2.24) is 9.21 Å². The Morgan fingerprint density at radius 2 is 1.38 bits per heavy atom. The minimum absolute atomic E-state index is 0.0633. The van der Waals surface area contributed by atoms with Crippen molar-refractivity contribution in [2.75, 3.05) is 26.2 Å². The van der Waals surface area contributed by atoms with Gasteiger partial charge in [0.15, 0.2) is 0 Å². The second kappa shape index (κ2) is 10.0. The summed E-state index contributed by atoms with van der Waals surface area (Å²) in [5.74, 6) is -1.75. The van der Waals surface area contributed by atoms with Gasteiger partial charge in [0.05, 0.1) is 17.4 Å². The van der Waals surface area contributed by atoms with Gasteiger partial charge in [0.25, 0.3) is 0 Å². The Kier molecular flexibility index (Phi) is 7.06. The van der Waals surface area contributed by atoms with Crippen molar-refractivity contribution < 1.29 is 27.1 Å². The zero-order chi connectivity index (χ0) is 24.3. The molecule has 3 aromatic carbocycles. The molecule has 1 saturated heterocycles. The molecule has 0 amide bonds. The molecule has 1 aliphatic heterocycles. The molecule has 0 unspecified atom stereocenters. The van der Waals surface area contributed by atoms with E-state index in [-0.39, 0.29) is 42.1 Å². The molecule has 0 aliphatic carbocycles. The number of sulfonamides is 1. The molecule has 0 spiro atoms. The highest BCUT2D eigenvalue weighted by Gasteiger charge is 2.32. The van der Waals surface area contributed by atoms with Gasteiger partial charge in [0, 0.05) is 26.2 Å². The van der Waals surface area contributed by atoms with Crippen LogP contribution in [-0.2, 0) is 21.2 Å². The lowest BCUT2D eigenvalue weighted by Crippen LogP contribution is -2.49. The van der Waals surface area contributed by atoms with E-state index in [0.29, 0.717) is 18.7 Å². The maximum Gasteiger partial charge on any atom is 0.307 e. The van der Waals surface area contributed by atoms with E-state index >= 15 is 0 Å². The van der Waals surface area contributed by atoms with Gasteiger partial charge in [-0.1, -0.05) is 36.4 Å². The average molecular weight is 487 g/mol. The summed E-state index contributed by atoms with van der Waals surface area (Å²) in [6, 6.07) is 17.9. The van der Waals surface area contributed by atoms with Gasteiger partial charge in [0.2, 0.25) is 10.0 Å². The van der Waals surface area contributed by atoms with Gasteiger partial charge in [-0.2, -0.15) is 4.31 Å². The van der Waals surface area contributed by atoms with Crippen LogP contribution in [0.1, 0.15) is 22.7 Å². The number of hydrogen-bond acceptors (Lipinski definition) is 4.